The molecule has 0 unspecified atom stereocenters. The van der Waals surface area contributed by atoms with E-state index in [0.717, 1.165) is 21.9 Å². The Kier molecular flexibility index (Phi) is 4.38. The molecule has 0 bridgehead atoms. The minimum absolute atomic E-state index is 0.916. The highest BCUT2D eigenvalue weighted by molar-refractivity contribution is 6.27. The first-order valence-electron chi connectivity index (χ1n) is 15.6. The third-order valence-corrected chi connectivity index (χ3v) is 10.1. The summed E-state index contributed by atoms with van der Waals surface area (Å²) in [5.41, 5.74) is 6.74. The van der Waals surface area contributed by atoms with E-state index in [1.165, 1.54) is 86.9 Å². The van der Waals surface area contributed by atoms with Crippen molar-refractivity contribution in [1.82, 2.24) is 0 Å². The van der Waals surface area contributed by atoms with E-state index >= 15 is 0 Å². The average molecular weight is 569 g/mol. The summed E-state index contributed by atoms with van der Waals surface area (Å²) in [4.78, 5) is 0. The minimum Gasteiger partial charge on any atom is -0.456 e. The normalized spacial score (nSPS) is 12.4. The van der Waals surface area contributed by atoms with Crippen LogP contribution in [-0.2, 0) is 0 Å². The Morgan fingerprint density at radius 2 is 0.667 bits per heavy atom. The molecule has 10 aromatic carbocycles. The molecule has 0 atom stereocenters. The van der Waals surface area contributed by atoms with Crippen molar-refractivity contribution in [2.24, 2.45) is 0 Å². The van der Waals surface area contributed by atoms with E-state index in [1.54, 1.807) is 0 Å². The van der Waals surface area contributed by atoms with Crippen molar-refractivity contribution in [2.75, 3.05) is 0 Å². The van der Waals surface area contributed by atoms with Gasteiger partial charge in [-0.15, -0.1) is 0 Å². The fraction of sp³-hybridized carbons (Fsp3) is 0. The number of hydrogen-bond acceptors (Lipinski definition) is 1. The highest BCUT2D eigenvalue weighted by Gasteiger charge is 2.16. The third kappa shape index (κ3) is 3.12. The molecule has 1 heteroatoms. The Hall–Kier alpha value is -5.92. The lowest BCUT2D eigenvalue weighted by Gasteiger charge is -2.14. The standard InChI is InChI=1S/C44H24O/c1-3-25-7-9-29-11-17-33(35-19-13-27(5-1)41(25)43(29)35)31-15-21-39-37(23-31)38-24-32(16-22-40(38)45-39)34-18-12-30-10-8-26-4-2-6-28-14-20-36(34)44(30)42(26)28/h1-24H. The molecular formula is C44H24O. The van der Waals surface area contributed by atoms with Crippen LogP contribution >= 0.6 is 0 Å². The minimum atomic E-state index is 0.916. The van der Waals surface area contributed by atoms with Crippen molar-refractivity contribution in [3.05, 3.63) is 146 Å². The van der Waals surface area contributed by atoms with Crippen molar-refractivity contribution in [2.45, 2.75) is 0 Å². The molecule has 11 aromatic rings. The number of fused-ring (bicyclic) bond motifs is 3. The van der Waals surface area contributed by atoms with E-state index in [2.05, 4.69) is 146 Å². The van der Waals surface area contributed by atoms with Gasteiger partial charge in [-0.05, 0) is 111 Å². The molecule has 0 fully saturated rings. The van der Waals surface area contributed by atoms with Crippen LogP contribution < -0.4 is 0 Å². The lowest BCUT2D eigenvalue weighted by molar-refractivity contribution is 0.669. The molecule has 0 radical (unpaired) electrons. The van der Waals surface area contributed by atoms with Crippen molar-refractivity contribution in [3.8, 4) is 22.3 Å². The molecule has 0 aliphatic carbocycles. The van der Waals surface area contributed by atoms with Crippen molar-refractivity contribution in [1.29, 1.82) is 0 Å². The second-order valence-electron chi connectivity index (χ2n) is 12.5. The van der Waals surface area contributed by atoms with Crippen LogP contribution in [-0.4, -0.2) is 0 Å². The van der Waals surface area contributed by atoms with Crippen LogP contribution in [0.2, 0.25) is 0 Å². The Labute approximate surface area is 258 Å². The predicted molar refractivity (Wildman–Crippen MR) is 192 cm³/mol. The van der Waals surface area contributed by atoms with Gasteiger partial charge in [0.15, 0.2) is 0 Å². The maximum Gasteiger partial charge on any atom is 0.135 e. The molecule has 206 valence electrons. The number of hydrogen-bond donors (Lipinski definition) is 0. The fourth-order valence-corrected chi connectivity index (χ4v) is 8.09. The summed E-state index contributed by atoms with van der Waals surface area (Å²) in [7, 11) is 0. The monoisotopic (exact) mass is 568 g/mol. The molecule has 0 saturated heterocycles. The SMILES string of the molecule is c1cc2ccc3ccc(-c4ccc5oc6ccc(-c7ccc8ccc9cccc%10ccc7c8c9%10)cc6c5c4)c4ccc(c1)c2c34. The van der Waals surface area contributed by atoms with E-state index in [9.17, 15) is 0 Å². The summed E-state index contributed by atoms with van der Waals surface area (Å²) in [6, 6.07) is 53.7. The van der Waals surface area contributed by atoms with Crippen LogP contribution in [0.15, 0.2) is 150 Å². The zero-order valence-electron chi connectivity index (χ0n) is 24.3. The Morgan fingerprint density at radius 3 is 1.11 bits per heavy atom. The molecule has 1 nitrogen and oxygen atoms in total. The van der Waals surface area contributed by atoms with Gasteiger partial charge < -0.3 is 4.42 Å². The van der Waals surface area contributed by atoms with Gasteiger partial charge in [0.05, 0.1) is 0 Å². The third-order valence-electron chi connectivity index (χ3n) is 10.1. The van der Waals surface area contributed by atoms with E-state index in [0.29, 0.717) is 0 Å². The Bertz CT molecular complexity index is 2740. The van der Waals surface area contributed by atoms with E-state index in [1.807, 2.05) is 0 Å². The van der Waals surface area contributed by atoms with E-state index in [4.69, 9.17) is 4.42 Å². The lowest BCUT2D eigenvalue weighted by Crippen LogP contribution is -1.87. The van der Waals surface area contributed by atoms with Gasteiger partial charge in [0.1, 0.15) is 11.2 Å². The molecule has 0 aliphatic heterocycles. The highest BCUT2D eigenvalue weighted by Crippen LogP contribution is 2.43. The van der Waals surface area contributed by atoms with Crippen LogP contribution in [0.4, 0.5) is 0 Å². The highest BCUT2D eigenvalue weighted by atomic mass is 16.3. The first-order chi connectivity index (χ1) is 22.3. The average Bonchev–Trinajstić information content (AvgIpc) is 3.46. The summed E-state index contributed by atoms with van der Waals surface area (Å²) in [5.74, 6) is 0. The zero-order valence-corrected chi connectivity index (χ0v) is 24.3. The molecule has 0 saturated carbocycles. The molecule has 0 spiro atoms. The summed E-state index contributed by atoms with van der Waals surface area (Å²) in [6.07, 6.45) is 0. The second-order valence-corrected chi connectivity index (χ2v) is 12.5. The predicted octanol–water partition coefficient (Wildman–Crippen LogP) is 12.7. The summed E-state index contributed by atoms with van der Waals surface area (Å²) in [5, 5.41) is 18.0. The largest absolute Gasteiger partial charge is 0.456 e. The maximum atomic E-state index is 6.39. The van der Waals surface area contributed by atoms with Gasteiger partial charge in [-0.3, -0.25) is 0 Å². The van der Waals surface area contributed by atoms with Crippen molar-refractivity contribution >= 4 is 86.6 Å². The van der Waals surface area contributed by atoms with E-state index in [-0.39, 0.29) is 0 Å². The maximum absolute atomic E-state index is 6.39. The van der Waals surface area contributed by atoms with Crippen molar-refractivity contribution in [3.63, 3.8) is 0 Å². The first-order valence-corrected chi connectivity index (χ1v) is 15.6. The smallest absolute Gasteiger partial charge is 0.135 e. The Morgan fingerprint density at radius 1 is 0.289 bits per heavy atom. The van der Waals surface area contributed by atoms with Crippen LogP contribution in [0.25, 0.3) is 109 Å². The number of rotatable bonds is 2. The van der Waals surface area contributed by atoms with Gasteiger partial charge in [-0.25, -0.2) is 0 Å². The second kappa shape index (κ2) is 8.37. The molecule has 11 rings (SSSR count). The molecule has 0 aliphatic rings. The molecule has 45 heavy (non-hydrogen) atoms. The van der Waals surface area contributed by atoms with Gasteiger partial charge in [0.2, 0.25) is 0 Å². The topological polar surface area (TPSA) is 13.1 Å². The molecular weight excluding hydrogens is 544 g/mol. The molecule has 1 aromatic heterocycles. The van der Waals surface area contributed by atoms with Crippen LogP contribution in [0.3, 0.4) is 0 Å². The van der Waals surface area contributed by atoms with Crippen molar-refractivity contribution < 1.29 is 4.42 Å². The summed E-state index contributed by atoms with van der Waals surface area (Å²) >= 11 is 0. The Balaban J connectivity index is 1.14. The molecule has 0 N–H and O–H groups in total. The van der Waals surface area contributed by atoms with Gasteiger partial charge in [-0.2, -0.15) is 0 Å². The van der Waals surface area contributed by atoms with Crippen LogP contribution in [0.1, 0.15) is 0 Å². The number of benzene rings is 10. The molecule has 1 heterocycles. The van der Waals surface area contributed by atoms with Gasteiger partial charge in [0.25, 0.3) is 0 Å². The summed E-state index contributed by atoms with van der Waals surface area (Å²) < 4.78 is 6.39. The van der Waals surface area contributed by atoms with E-state index < -0.39 is 0 Å². The van der Waals surface area contributed by atoms with Gasteiger partial charge in [0, 0.05) is 10.8 Å². The first kappa shape index (κ1) is 23.5. The quantitative estimate of drug-likeness (QED) is 0.189. The van der Waals surface area contributed by atoms with Crippen LogP contribution in [0.5, 0.6) is 0 Å². The fourth-order valence-electron chi connectivity index (χ4n) is 8.09. The van der Waals surface area contributed by atoms with Gasteiger partial charge in [-0.1, -0.05) is 121 Å². The molecule has 0 amide bonds. The van der Waals surface area contributed by atoms with Gasteiger partial charge >= 0.3 is 0 Å². The zero-order chi connectivity index (χ0) is 29.2. The van der Waals surface area contributed by atoms with Crippen LogP contribution in [0, 0.1) is 0 Å². The summed E-state index contributed by atoms with van der Waals surface area (Å²) in [6.45, 7) is 0. The number of furan rings is 1. The lowest BCUT2D eigenvalue weighted by atomic mass is 9.89.